The number of hydrogen-bond acceptors (Lipinski definition) is 3. The lowest BCUT2D eigenvalue weighted by molar-refractivity contribution is -0.133. The molecular formula is C24H28FN3O2. The first-order chi connectivity index (χ1) is 14.6. The van der Waals surface area contributed by atoms with Crippen molar-refractivity contribution in [1.29, 1.82) is 0 Å². The number of amides is 1. The number of nitrogens with zero attached hydrogens (tertiary/aromatic N) is 3. The zero-order chi connectivity index (χ0) is 20.7. The standard InChI is InChI=1S/C24H28FN3O2/c25-21-6-2-1-5-18(21)12-23(29)27-13-17-11-20(16-27)22-8-7-19(24(30)28(22)14-17)15-26-9-3-4-10-26/h1-2,5-8,17,20H,3-4,9-16H2/t17-,20+/m0/s1. The highest BCUT2D eigenvalue weighted by Crippen LogP contribution is 2.35. The van der Waals surface area contributed by atoms with E-state index in [-0.39, 0.29) is 35.5 Å². The highest BCUT2D eigenvalue weighted by atomic mass is 19.1. The summed E-state index contributed by atoms with van der Waals surface area (Å²) in [7, 11) is 0. The van der Waals surface area contributed by atoms with E-state index in [1.54, 1.807) is 18.2 Å². The maximum Gasteiger partial charge on any atom is 0.255 e. The van der Waals surface area contributed by atoms with Gasteiger partial charge in [0.2, 0.25) is 5.91 Å². The summed E-state index contributed by atoms with van der Waals surface area (Å²) in [6, 6.07) is 10.6. The van der Waals surface area contributed by atoms with Gasteiger partial charge in [-0.1, -0.05) is 24.3 Å². The van der Waals surface area contributed by atoms with E-state index in [1.807, 2.05) is 15.5 Å². The van der Waals surface area contributed by atoms with Gasteiger partial charge in [0.15, 0.2) is 0 Å². The molecule has 2 saturated heterocycles. The summed E-state index contributed by atoms with van der Waals surface area (Å²) >= 11 is 0. The van der Waals surface area contributed by atoms with Gasteiger partial charge in [0, 0.05) is 43.4 Å². The molecule has 3 aliphatic rings. The van der Waals surface area contributed by atoms with Crippen molar-refractivity contribution in [3.05, 3.63) is 69.4 Å². The molecule has 1 aromatic heterocycles. The molecule has 2 bridgehead atoms. The average molecular weight is 410 g/mol. The van der Waals surface area contributed by atoms with Crippen molar-refractivity contribution in [2.24, 2.45) is 5.92 Å². The van der Waals surface area contributed by atoms with Gasteiger partial charge >= 0.3 is 0 Å². The maximum absolute atomic E-state index is 14.0. The lowest BCUT2D eigenvalue weighted by atomic mass is 9.82. The second kappa shape index (κ2) is 7.99. The second-order valence-corrected chi connectivity index (χ2v) is 9.05. The van der Waals surface area contributed by atoms with E-state index < -0.39 is 0 Å². The molecule has 6 heteroatoms. The van der Waals surface area contributed by atoms with Crippen LogP contribution in [0.15, 0.2) is 41.2 Å². The quantitative estimate of drug-likeness (QED) is 0.780. The Balaban J connectivity index is 1.33. The Morgan fingerprint density at radius 2 is 1.80 bits per heavy atom. The topological polar surface area (TPSA) is 45.6 Å². The third-order valence-electron chi connectivity index (χ3n) is 6.93. The van der Waals surface area contributed by atoms with Crippen LogP contribution in [0.25, 0.3) is 0 Å². The summed E-state index contributed by atoms with van der Waals surface area (Å²) in [4.78, 5) is 30.2. The molecule has 0 unspecified atom stereocenters. The minimum atomic E-state index is -0.328. The number of aromatic nitrogens is 1. The number of fused-ring (bicyclic) bond motifs is 4. The van der Waals surface area contributed by atoms with Gasteiger partial charge in [-0.2, -0.15) is 0 Å². The molecule has 1 amide bonds. The highest BCUT2D eigenvalue weighted by Gasteiger charge is 2.36. The molecule has 0 N–H and O–H groups in total. The van der Waals surface area contributed by atoms with E-state index in [4.69, 9.17) is 0 Å². The molecule has 5 rings (SSSR count). The fourth-order valence-corrected chi connectivity index (χ4v) is 5.41. The summed E-state index contributed by atoms with van der Waals surface area (Å²) in [5, 5.41) is 0. The van der Waals surface area contributed by atoms with Gasteiger partial charge < -0.3 is 9.47 Å². The normalized spacial score (nSPS) is 23.4. The van der Waals surface area contributed by atoms with E-state index >= 15 is 0 Å². The lowest BCUT2D eigenvalue weighted by Gasteiger charge is -2.43. The Morgan fingerprint density at radius 3 is 2.60 bits per heavy atom. The number of hydrogen-bond donors (Lipinski definition) is 0. The number of carbonyl (C=O) groups is 1. The molecule has 5 nitrogen and oxygen atoms in total. The third-order valence-corrected chi connectivity index (χ3v) is 6.93. The first-order valence-corrected chi connectivity index (χ1v) is 11.0. The van der Waals surface area contributed by atoms with E-state index in [0.717, 1.165) is 37.3 Å². The minimum absolute atomic E-state index is 0.0312. The molecule has 0 saturated carbocycles. The van der Waals surface area contributed by atoms with Crippen molar-refractivity contribution < 1.29 is 9.18 Å². The molecule has 2 aromatic rings. The molecule has 0 spiro atoms. The van der Waals surface area contributed by atoms with Crippen LogP contribution < -0.4 is 5.56 Å². The predicted octanol–water partition coefficient (Wildman–Crippen LogP) is 2.77. The van der Waals surface area contributed by atoms with Crippen LogP contribution in [0.5, 0.6) is 0 Å². The molecule has 30 heavy (non-hydrogen) atoms. The van der Waals surface area contributed by atoms with Crippen LogP contribution in [0.3, 0.4) is 0 Å². The van der Waals surface area contributed by atoms with Crippen LogP contribution in [-0.4, -0.2) is 46.5 Å². The molecular weight excluding hydrogens is 381 g/mol. The van der Waals surface area contributed by atoms with Gasteiger partial charge in [0.05, 0.1) is 6.42 Å². The molecule has 3 aliphatic heterocycles. The van der Waals surface area contributed by atoms with Gasteiger partial charge in [-0.25, -0.2) is 4.39 Å². The van der Waals surface area contributed by atoms with Crippen LogP contribution in [0.4, 0.5) is 4.39 Å². The Bertz CT molecular complexity index is 1010. The van der Waals surface area contributed by atoms with Gasteiger partial charge in [0.25, 0.3) is 5.56 Å². The van der Waals surface area contributed by atoms with Crippen molar-refractivity contribution in [2.75, 3.05) is 26.2 Å². The van der Waals surface area contributed by atoms with E-state index in [0.29, 0.717) is 25.2 Å². The number of benzene rings is 1. The zero-order valence-corrected chi connectivity index (χ0v) is 17.2. The number of pyridine rings is 1. The monoisotopic (exact) mass is 409 g/mol. The van der Waals surface area contributed by atoms with Gasteiger partial charge in [-0.05, 0) is 56.0 Å². The van der Waals surface area contributed by atoms with Crippen LogP contribution in [-0.2, 0) is 24.3 Å². The lowest BCUT2D eigenvalue weighted by Crippen LogP contribution is -2.50. The Kier molecular flexibility index (Phi) is 5.19. The zero-order valence-electron chi connectivity index (χ0n) is 17.2. The summed E-state index contributed by atoms with van der Waals surface area (Å²) in [5.41, 5.74) is 2.51. The molecule has 0 radical (unpaired) electrons. The van der Waals surface area contributed by atoms with Crippen molar-refractivity contribution in [3.8, 4) is 0 Å². The fraction of sp³-hybridized carbons (Fsp3) is 0.500. The van der Waals surface area contributed by atoms with Gasteiger partial charge in [-0.15, -0.1) is 0 Å². The summed E-state index contributed by atoms with van der Waals surface area (Å²) in [6.45, 7) is 4.81. The van der Waals surface area contributed by atoms with Crippen LogP contribution in [0, 0.1) is 11.7 Å². The van der Waals surface area contributed by atoms with Crippen LogP contribution in [0.1, 0.15) is 42.0 Å². The molecule has 2 fully saturated rings. The molecule has 1 aromatic carbocycles. The van der Waals surface area contributed by atoms with Crippen LogP contribution >= 0.6 is 0 Å². The van der Waals surface area contributed by atoms with E-state index in [2.05, 4.69) is 11.0 Å². The predicted molar refractivity (Wildman–Crippen MR) is 113 cm³/mol. The summed E-state index contributed by atoms with van der Waals surface area (Å²) in [6.07, 6.45) is 3.53. The maximum atomic E-state index is 14.0. The van der Waals surface area contributed by atoms with E-state index in [1.165, 1.54) is 18.9 Å². The van der Waals surface area contributed by atoms with Gasteiger partial charge in [0.1, 0.15) is 5.82 Å². The average Bonchev–Trinajstić information content (AvgIpc) is 3.25. The number of halogens is 1. The third kappa shape index (κ3) is 3.69. The highest BCUT2D eigenvalue weighted by molar-refractivity contribution is 5.79. The Morgan fingerprint density at radius 1 is 1.00 bits per heavy atom. The summed E-state index contributed by atoms with van der Waals surface area (Å²) in [5.74, 6) is 0.0953. The number of carbonyl (C=O) groups excluding carboxylic acids is 1. The molecule has 2 atom stereocenters. The van der Waals surface area contributed by atoms with Gasteiger partial charge in [-0.3, -0.25) is 14.5 Å². The number of likely N-dealkylation sites (tertiary alicyclic amines) is 2. The summed E-state index contributed by atoms with van der Waals surface area (Å²) < 4.78 is 15.9. The first kappa shape index (κ1) is 19.5. The van der Waals surface area contributed by atoms with E-state index in [9.17, 15) is 14.0 Å². The number of rotatable bonds is 4. The Labute approximate surface area is 176 Å². The smallest absolute Gasteiger partial charge is 0.255 e. The molecule has 4 heterocycles. The van der Waals surface area contributed by atoms with Crippen LogP contribution in [0.2, 0.25) is 0 Å². The van der Waals surface area contributed by atoms with Crippen molar-refractivity contribution in [1.82, 2.24) is 14.4 Å². The fourth-order valence-electron chi connectivity index (χ4n) is 5.41. The van der Waals surface area contributed by atoms with Crippen molar-refractivity contribution in [2.45, 2.75) is 44.7 Å². The largest absolute Gasteiger partial charge is 0.341 e. The Hall–Kier alpha value is -2.47. The second-order valence-electron chi connectivity index (χ2n) is 9.05. The molecule has 0 aliphatic carbocycles. The minimum Gasteiger partial charge on any atom is -0.341 e. The number of piperidine rings is 1. The van der Waals surface area contributed by atoms with Crippen molar-refractivity contribution >= 4 is 5.91 Å². The first-order valence-electron chi connectivity index (χ1n) is 11.0. The van der Waals surface area contributed by atoms with Crippen molar-refractivity contribution in [3.63, 3.8) is 0 Å². The SMILES string of the molecule is O=C(Cc1ccccc1F)N1C[C@@H]2C[C@H](C1)c1ccc(CN3CCCC3)c(=O)n1C2. The molecule has 158 valence electrons.